The van der Waals surface area contributed by atoms with E-state index in [9.17, 15) is 4.79 Å². The number of aromatic amines is 1. The molecule has 0 amide bonds. The van der Waals surface area contributed by atoms with E-state index >= 15 is 0 Å². The quantitative estimate of drug-likeness (QED) is 0.736. The van der Waals surface area contributed by atoms with Crippen molar-refractivity contribution in [3.63, 3.8) is 0 Å². The van der Waals surface area contributed by atoms with Crippen LogP contribution >= 0.6 is 0 Å². The van der Waals surface area contributed by atoms with Gasteiger partial charge in [0.15, 0.2) is 0 Å². The zero-order valence-electron chi connectivity index (χ0n) is 16.6. The van der Waals surface area contributed by atoms with Crippen LogP contribution in [0, 0.1) is 13.8 Å². The summed E-state index contributed by atoms with van der Waals surface area (Å²) >= 11 is 0. The van der Waals surface area contributed by atoms with Crippen LogP contribution < -0.4 is 5.56 Å². The van der Waals surface area contributed by atoms with Crippen molar-refractivity contribution in [1.29, 1.82) is 0 Å². The van der Waals surface area contributed by atoms with Crippen LogP contribution in [0.25, 0.3) is 11.1 Å². The van der Waals surface area contributed by atoms with Gasteiger partial charge >= 0.3 is 0 Å². The van der Waals surface area contributed by atoms with Gasteiger partial charge in [0.1, 0.15) is 5.82 Å². The largest absolute Gasteiger partial charge is 0.311 e. The first-order valence-corrected chi connectivity index (χ1v) is 10.0. The molecule has 0 radical (unpaired) electrons. The number of aromatic nitrogens is 2. The highest BCUT2D eigenvalue weighted by atomic mass is 16.1. The minimum Gasteiger partial charge on any atom is -0.311 e. The number of nitrogens with zero attached hydrogens (tertiary/aromatic N) is 2. The van der Waals surface area contributed by atoms with Gasteiger partial charge in [0, 0.05) is 25.1 Å². The van der Waals surface area contributed by atoms with Crippen molar-refractivity contribution < 1.29 is 0 Å². The number of hydrogen-bond donors (Lipinski definition) is 1. The molecule has 4 nitrogen and oxygen atoms in total. The van der Waals surface area contributed by atoms with Gasteiger partial charge in [-0.1, -0.05) is 42.5 Å². The van der Waals surface area contributed by atoms with Gasteiger partial charge in [-0.3, -0.25) is 9.69 Å². The average Bonchev–Trinajstić information content (AvgIpc) is 2.68. The molecule has 1 aliphatic heterocycles. The van der Waals surface area contributed by atoms with Gasteiger partial charge < -0.3 is 4.98 Å². The Morgan fingerprint density at radius 3 is 2.79 bits per heavy atom. The van der Waals surface area contributed by atoms with Gasteiger partial charge in [0.25, 0.3) is 5.56 Å². The summed E-state index contributed by atoms with van der Waals surface area (Å²) in [5, 5.41) is 0. The molecule has 4 rings (SSSR count). The monoisotopic (exact) mass is 373 g/mol. The Kier molecular flexibility index (Phi) is 5.40. The Balaban J connectivity index is 1.51. The fourth-order valence-corrected chi connectivity index (χ4v) is 4.24. The van der Waals surface area contributed by atoms with Crippen LogP contribution in [0.4, 0.5) is 0 Å². The number of rotatable bonds is 4. The lowest BCUT2D eigenvalue weighted by molar-refractivity contribution is 0.198. The van der Waals surface area contributed by atoms with Crippen molar-refractivity contribution in [2.24, 2.45) is 0 Å². The summed E-state index contributed by atoms with van der Waals surface area (Å²) < 4.78 is 0. The highest BCUT2D eigenvalue weighted by Crippen LogP contribution is 2.28. The van der Waals surface area contributed by atoms with Crippen molar-refractivity contribution in [2.75, 3.05) is 13.1 Å². The number of aryl methyl sites for hydroxylation is 2. The third kappa shape index (κ3) is 4.23. The van der Waals surface area contributed by atoms with Crippen LogP contribution in [-0.4, -0.2) is 28.0 Å². The van der Waals surface area contributed by atoms with E-state index in [-0.39, 0.29) is 5.56 Å². The fraction of sp³-hybridized carbons (Fsp3) is 0.333. The van der Waals surface area contributed by atoms with Crippen LogP contribution in [0.3, 0.4) is 0 Å². The molecular formula is C24H27N3O. The molecule has 1 fully saturated rings. The topological polar surface area (TPSA) is 49.0 Å². The second kappa shape index (κ2) is 8.11. The predicted molar refractivity (Wildman–Crippen MR) is 113 cm³/mol. The third-order valence-electron chi connectivity index (χ3n) is 5.59. The van der Waals surface area contributed by atoms with Crippen LogP contribution in [0.15, 0.2) is 59.4 Å². The number of H-pyrrole nitrogens is 1. The SMILES string of the molecule is Cc1nc([C@@H]2CCCN(Cc3cccc(-c4ccccc4C)c3)C2)cc(=O)[nH]1. The second-order valence-corrected chi connectivity index (χ2v) is 7.85. The standard InChI is InChI=1S/C24H27N3O/c1-17-7-3-4-11-22(17)20-9-5-8-19(13-20)15-27-12-6-10-21(16-27)23-14-24(28)26-18(2)25-23/h3-5,7-9,11,13-14,21H,6,10,12,15-16H2,1-2H3,(H,25,26,28)/t21-/m1/s1. The van der Waals surface area contributed by atoms with E-state index in [1.165, 1.54) is 22.3 Å². The fourth-order valence-electron chi connectivity index (χ4n) is 4.24. The first kappa shape index (κ1) is 18.6. The molecule has 3 aromatic rings. The second-order valence-electron chi connectivity index (χ2n) is 7.85. The molecular weight excluding hydrogens is 346 g/mol. The van der Waals surface area contributed by atoms with E-state index in [1.54, 1.807) is 6.07 Å². The zero-order valence-corrected chi connectivity index (χ0v) is 16.6. The lowest BCUT2D eigenvalue weighted by Crippen LogP contribution is -2.34. The van der Waals surface area contributed by atoms with Crippen molar-refractivity contribution >= 4 is 0 Å². The summed E-state index contributed by atoms with van der Waals surface area (Å²) in [5.74, 6) is 1.03. The molecule has 0 bridgehead atoms. The number of likely N-dealkylation sites (tertiary alicyclic amines) is 1. The Bertz CT molecular complexity index is 1020. The van der Waals surface area contributed by atoms with E-state index in [1.807, 2.05) is 6.92 Å². The van der Waals surface area contributed by atoms with Gasteiger partial charge in [0.05, 0.1) is 5.69 Å². The molecule has 4 heteroatoms. The third-order valence-corrected chi connectivity index (χ3v) is 5.59. The molecule has 0 aliphatic carbocycles. The average molecular weight is 374 g/mol. The van der Waals surface area contributed by atoms with E-state index in [0.29, 0.717) is 11.7 Å². The van der Waals surface area contributed by atoms with E-state index < -0.39 is 0 Å². The summed E-state index contributed by atoms with van der Waals surface area (Å²) in [6.07, 6.45) is 2.23. The van der Waals surface area contributed by atoms with Crippen LogP contribution in [0.5, 0.6) is 0 Å². The Hall–Kier alpha value is -2.72. The maximum Gasteiger partial charge on any atom is 0.251 e. The van der Waals surface area contributed by atoms with Crippen LogP contribution in [0.2, 0.25) is 0 Å². The number of benzene rings is 2. The molecule has 1 saturated heterocycles. The smallest absolute Gasteiger partial charge is 0.251 e. The van der Waals surface area contributed by atoms with Crippen molar-refractivity contribution in [3.05, 3.63) is 87.6 Å². The molecule has 0 unspecified atom stereocenters. The molecule has 1 aliphatic rings. The van der Waals surface area contributed by atoms with Gasteiger partial charge in [0.2, 0.25) is 0 Å². The summed E-state index contributed by atoms with van der Waals surface area (Å²) in [4.78, 5) is 21.6. The van der Waals surface area contributed by atoms with E-state index in [4.69, 9.17) is 0 Å². The summed E-state index contributed by atoms with van der Waals surface area (Å²) in [7, 11) is 0. The minimum atomic E-state index is -0.0504. The number of nitrogens with one attached hydrogen (secondary N) is 1. The normalized spacial score (nSPS) is 17.6. The molecule has 1 aromatic heterocycles. The number of hydrogen-bond acceptors (Lipinski definition) is 3. The maximum atomic E-state index is 11.8. The van der Waals surface area contributed by atoms with E-state index in [0.717, 1.165) is 38.2 Å². The predicted octanol–water partition coefficient (Wildman–Crippen LogP) is 4.43. The highest BCUT2D eigenvalue weighted by Gasteiger charge is 2.23. The summed E-state index contributed by atoms with van der Waals surface area (Å²) in [6.45, 7) is 6.98. The molecule has 144 valence electrons. The van der Waals surface area contributed by atoms with Gasteiger partial charge in [-0.2, -0.15) is 0 Å². The molecule has 1 atom stereocenters. The summed E-state index contributed by atoms with van der Waals surface area (Å²) in [6, 6.07) is 19.1. The van der Waals surface area contributed by atoms with E-state index in [2.05, 4.69) is 70.3 Å². The zero-order chi connectivity index (χ0) is 19.5. The highest BCUT2D eigenvalue weighted by molar-refractivity contribution is 5.67. The molecule has 2 heterocycles. The lowest BCUT2D eigenvalue weighted by atomic mass is 9.93. The Morgan fingerprint density at radius 1 is 1.11 bits per heavy atom. The maximum absolute atomic E-state index is 11.8. The first-order valence-electron chi connectivity index (χ1n) is 10.0. The van der Waals surface area contributed by atoms with Crippen molar-refractivity contribution in [2.45, 2.75) is 39.2 Å². The minimum absolute atomic E-state index is 0.0504. The van der Waals surface area contributed by atoms with Gasteiger partial charge in [-0.15, -0.1) is 0 Å². The molecule has 28 heavy (non-hydrogen) atoms. The Morgan fingerprint density at radius 2 is 1.96 bits per heavy atom. The molecule has 0 spiro atoms. The first-order chi connectivity index (χ1) is 13.6. The van der Waals surface area contributed by atoms with Crippen LogP contribution in [0.1, 0.15) is 41.4 Å². The van der Waals surface area contributed by atoms with Crippen LogP contribution in [-0.2, 0) is 6.54 Å². The molecule has 0 saturated carbocycles. The van der Waals surface area contributed by atoms with Gasteiger partial charge in [-0.05, 0) is 61.6 Å². The number of piperidine rings is 1. The van der Waals surface area contributed by atoms with Crippen molar-refractivity contribution in [3.8, 4) is 11.1 Å². The lowest BCUT2D eigenvalue weighted by Gasteiger charge is -2.32. The van der Waals surface area contributed by atoms with Gasteiger partial charge in [-0.25, -0.2) is 4.98 Å². The summed E-state index contributed by atoms with van der Waals surface area (Å²) in [5.41, 5.74) is 6.08. The van der Waals surface area contributed by atoms with Crippen molar-refractivity contribution in [1.82, 2.24) is 14.9 Å². The Labute approximate surface area is 166 Å². The molecule has 1 N–H and O–H groups in total. The molecule has 2 aromatic carbocycles.